The lowest BCUT2D eigenvalue weighted by molar-refractivity contribution is -0.655. The van der Waals surface area contributed by atoms with Gasteiger partial charge >= 0.3 is 0 Å². The predicted molar refractivity (Wildman–Crippen MR) is 68.3 cm³/mol. The molecule has 5 nitrogen and oxygen atoms in total. The van der Waals surface area contributed by atoms with Crippen LogP contribution in [0.1, 0.15) is 40.0 Å². The lowest BCUT2D eigenvalue weighted by atomic mass is 9.91. The van der Waals surface area contributed by atoms with Gasteiger partial charge in [0.15, 0.2) is 0 Å². The molecule has 0 rings (SSSR count). The molecule has 0 aromatic rings. The van der Waals surface area contributed by atoms with E-state index in [2.05, 4.69) is 36.6 Å². The fraction of sp³-hybridized carbons (Fsp3) is 0.833. The molecule has 0 saturated carbocycles. The van der Waals surface area contributed by atoms with Crippen LogP contribution in [0.4, 0.5) is 0 Å². The van der Waals surface area contributed by atoms with Crippen molar-refractivity contribution >= 4 is 12.1 Å². The van der Waals surface area contributed by atoms with Gasteiger partial charge in [-0.25, -0.2) is 0 Å². The minimum atomic E-state index is -0.347. The molecule has 0 unspecified atom stereocenters. The van der Waals surface area contributed by atoms with Gasteiger partial charge < -0.3 is 15.8 Å². The van der Waals surface area contributed by atoms with Crippen molar-refractivity contribution in [3.05, 3.63) is 0 Å². The summed E-state index contributed by atoms with van der Waals surface area (Å²) in [6.45, 7) is 9.55. The second kappa shape index (κ2) is 8.98. The molecule has 100 valence electrons. The first-order chi connectivity index (χ1) is 7.95. The molecule has 0 atom stereocenters. The Labute approximate surface area is 104 Å². The van der Waals surface area contributed by atoms with Crippen molar-refractivity contribution in [3.63, 3.8) is 0 Å². The Morgan fingerprint density at radius 1 is 1.35 bits per heavy atom. The van der Waals surface area contributed by atoms with Crippen LogP contribution in [0.3, 0.4) is 0 Å². The van der Waals surface area contributed by atoms with E-state index in [1.807, 2.05) is 0 Å². The quantitative estimate of drug-likeness (QED) is 0.249. The van der Waals surface area contributed by atoms with Crippen molar-refractivity contribution in [3.8, 4) is 0 Å². The molecule has 0 aliphatic heterocycles. The van der Waals surface area contributed by atoms with Crippen LogP contribution in [0.15, 0.2) is 5.16 Å². The highest BCUT2D eigenvalue weighted by molar-refractivity contribution is 6.25. The lowest BCUT2D eigenvalue weighted by Crippen LogP contribution is -2.84. The van der Waals surface area contributed by atoms with Gasteiger partial charge in [-0.1, -0.05) is 25.9 Å². The van der Waals surface area contributed by atoms with Gasteiger partial charge in [-0.2, -0.15) is 0 Å². The van der Waals surface area contributed by atoms with Crippen molar-refractivity contribution in [2.75, 3.05) is 19.6 Å². The maximum absolute atomic E-state index is 10.9. The van der Waals surface area contributed by atoms with Crippen molar-refractivity contribution in [2.24, 2.45) is 10.6 Å². The number of oxime groups is 1. The first kappa shape index (κ1) is 15.9. The summed E-state index contributed by atoms with van der Waals surface area (Å²) < 4.78 is 0. The molecule has 17 heavy (non-hydrogen) atoms. The van der Waals surface area contributed by atoms with Crippen LogP contribution in [0.5, 0.6) is 0 Å². The fourth-order valence-electron chi connectivity index (χ4n) is 1.48. The first-order valence-corrected chi connectivity index (χ1v) is 6.22. The van der Waals surface area contributed by atoms with Crippen LogP contribution in [0.2, 0.25) is 0 Å². The molecule has 0 aliphatic rings. The van der Waals surface area contributed by atoms with E-state index in [9.17, 15) is 4.79 Å². The number of carbonyl (C=O) groups is 1. The molecule has 0 saturated heterocycles. The minimum Gasteiger partial charge on any atom is -0.411 e. The third kappa shape index (κ3) is 12.8. The molecule has 4 N–H and O–H groups in total. The molecule has 0 aromatic carbocycles. The maximum atomic E-state index is 10.9. The lowest BCUT2D eigenvalue weighted by Gasteiger charge is -2.16. The van der Waals surface area contributed by atoms with Crippen molar-refractivity contribution in [2.45, 2.75) is 40.0 Å². The third-order valence-corrected chi connectivity index (χ3v) is 2.39. The largest absolute Gasteiger partial charge is 0.411 e. The van der Waals surface area contributed by atoms with Gasteiger partial charge in [0.1, 0.15) is 6.21 Å². The number of amides is 1. The summed E-state index contributed by atoms with van der Waals surface area (Å²) in [7, 11) is 0. The monoisotopic (exact) mass is 244 g/mol. The van der Waals surface area contributed by atoms with Gasteiger partial charge in [-0.3, -0.25) is 4.79 Å². The van der Waals surface area contributed by atoms with Crippen LogP contribution in [0, 0.1) is 5.41 Å². The Bertz CT molecular complexity index is 234. The average Bonchev–Trinajstić information content (AvgIpc) is 2.21. The summed E-state index contributed by atoms with van der Waals surface area (Å²) in [5.74, 6) is -0.347. The van der Waals surface area contributed by atoms with E-state index in [0.29, 0.717) is 12.0 Å². The number of hydrogen-bond donors (Lipinski definition) is 3. The molecule has 0 bridgehead atoms. The van der Waals surface area contributed by atoms with E-state index >= 15 is 0 Å². The normalized spacial score (nSPS) is 11.9. The maximum Gasteiger partial charge on any atom is 0.265 e. The summed E-state index contributed by atoms with van der Waals surface area (Å²) in [5, 5.41) is 15.7. The molecule has 0 spiro atoms. The Balaban J connectivity index is 3.22. The molecular weight excluding hydrogens is 218 g/mol. The smallest absolute Gasteiger partial charge is 0.265 e. The first-order valence-electron chi connectivity index (χ1n) is 6.22. The standard InChI is InChI=1S/C12H25N3O2/c1-12(2,3)6-4-7-13-8-5-9-14-11(16)10-15-17/h10,13,17H,4-9H2,1-3H3,(H,14,16)/p+1/b15-10-. The highest BCUT2D eigenvalue weighted by Crippen LogP contribution is 2.19. The summed E-state index contributed by atoms with van der Waals surface area (Å²) in [6, 6.07) is 0. The third-order valence-electron chi connectivity index (χ3n) is 2.39. The number of rotatable bonds is 8. The van der Waals surface area contributed by atoms with E-state index < -0.39 is 0 Å². The summed E-state index contributed by atoms with van der Waals surface area (Å²) in [4.78, 5) is 10.9. The highest BCUT2D eigenvalue weighted by atomic mass is 16.4. The zero-order valence-electron chi connectivity index (χ0n) is 11.2. The van der Waals surface area contributed by atoms with Crippen LogP contribution >= 0.6 is 0 Å². The second-order valence-electron chi connectivity index (χ2n) is 5.42. The van der Waals surface area contributed by atoms with Crippen LogP contribution < -0.4 is 10.6 Å². The number of carbonyl (C=O) groups excluding carboxylic acids is 1. The number of nitrogens with zero attached hydrogens (tertiary/aromatic N) is 1. The van der Waals surface area contributed by atoms with E-state index in [0.717, 1.165) is 25.7 Å². The van der Waals surface area contributed by atoms with Crippen molar-refractivity contribution in [1.82, 2.24) is 5.32 Å². The van der Waals surface area contributed by atoms with E-state index in [-0.39, 0.29) is 5.91 Å². The summed E-state index contributed by atoms with van der Waals surface area (Å²) in [5.41, 5.74) is 0.422. The summed E-state index contributed by atoms with van der Waals surface area (Å²) in [6.07, 6.45) is 4.27. The molecular formula is C12H26N3O2+. The topological polar surface area (TPSA) is 78.3 Å². The second-order valence-corrected chi connectivity index (χ2v) is 5.42. The number of hydrogen-bond acceptors (Lipinski definition) is 3. The zero-order valence-corrected chi connectivity index (χ0v) is 11.2. The fourth-order valence-corrected chi connectivity index (χ4v) is 1.48. The number of nitrogens with one attached hydrogen (secondary N) is 1. The van der Waals surface area contributed by atoms with Crippen LogP contribution in [0.25, 0.3) is 0 Å². The van der Waals surface area contributed by atoms with Gasteiger partial charge in [0.25, 0.3) is 5.91 Å². The molecule has 5 heteroatoms. The van der Waals surface area contributed by atoms with Crippen LogP contribution in [-0.2, 0) is 4.79 Å². The molecule has 0 heterocycles. The molecule has 0 aliphatic carbocycles. The molecule has 0 fully saturated rings. The van der Waals surface area contributed by atoms with Crippen molar-refractivity contribution in [1.29, 1.82) is 0 Å². The highest BCUT2D eigenvalue weighted by Gasteiger charge is 2.09. The van der Waals surface area contributed by atoms with Gasteiger partial charge in [-0.15, -0.1) is 0 Å². The van der Waals surface area contributed by atoms with Gasteiger partial charge in [-0.05, 0) is 18.3 Å². The molecule has 1 amide bonds. The van der Waals surface area contributed by atoms with Gasteiger partial charge in [0.2, 0.25) is 0 Å². The van der Waals surface area contributed by atoms with Crippen molar-refractivity contribution < 1.29 is 15.3 Å². The SMILES string of the molecule is CC(C)(C)CCC[NH2+]CCCNC(=O)/C=N\O. The summed E-state index contributed by atoms with van der Waals surface area (Å²) >= 11 is 0. The molecule has 0 aromatic heterocycles. The number of nitrogens with two attached hydrogens (primary N) is 1. The zero-order chi connectivity index (χ0) is 13.1. The van der Waals surface area contributed by atoms with E-state index in [1.165, 1.54) is 12.8 Å². The van der Waals surface area contributed by atoms with Crippen LogP contribution in [-0.4, -0.2) is 37.0 Å². The van der Waals surface area contributed by atoms with Gasteiger partial charge in [0.05, 0.1) is 13.1 Å². The van der Waals surface area contributed by atoms with E-state index in [4.69, 9.17) is 5.21 Å². The Morgan fingerprint density at radius 2 is 2.00 bits per heavy atom. The Morgan fingerprint density at radius 3 is 2.59 bits per heavy atom. The Kier molecular flexibility index (Phi) is 8.40. The average molecular weight is 244 g/mol. The Hall–Kier alpha value is -1.10. The predicted octanol–water partition coefficient (Wildman–Crippen LogP) is 0.342. The minimum absolute atomic E-state index is 0.347. The van der Waals surface area contributed by atoms with E-state index in [1.54, 1.807) is 0 Å². The van der Waals surface area contributed by atoms with Gasteiger partial charge in [0, 0.05) is 13.0 Å². The molecule has 0 radical (unpaired) electrons. The number of quaternary nitrogens is 1.